The lowest BCUT2D eigenvalue weighted by atomic mass is 9.73. The van der Waals surface area contributed by atoms with E-state index in [-0.39, 0.29) is 18.9 Å². The molecule has 2 aliphatic rings. The van der Waals surface area contributed by atoms with Crippen LogP contribution in [-0.4, -0.2) is 54.0 Å². The lowest BCUT2D eigenvalue weighted by Crippen LogP contribution is -2.54. The number of nitriles is 1. The number of imide groups is 1. The Hall–Kier alpha value is -3.41. The molecule has 3 rings (SSSR count). The van der Waals surface area contributed by atoms with Crippen molar-refractivity contribution in [1.29, 1.82) is 5.26 Å². The van der Waals surface area contributed by atoms with E-state index >= 15 is 0 Å². The van der Waals surface area contributed by atoms with E-state index in [1.807, 2.05) is 45.0 Å². The fraction of sp³-hybridized carbons (Fsp3) is 0.542. The summed E-state index contributed by atoms with van der Waals surface area (Å²) in [6, 6.07) is 7.02. The standard InChI is InChI=1S/C24H30N4O5/c1-16-11-17(2)13-19(12-16)27(10-6-9-25)20(29)15-33-21(30)14-28-22(31)24(26-23(28)32)8-5-4-7-18(24)3/h11-13,18H,4-8,10,14-15H2,1-3H3,(H,26,32). The van der Waals surface area contributed by atoms with Crippen LogP contribution >= 0.6 is 0 Å². The van der Waals surface area contributed by atoms with Crippen LogP contribution in [0.2, 0.25) is 0 Å². The summed E-state index contributed by atoms with van der Waals surface area (Å²) in [4.78, 5) is 52.9. The maximum atomic E-state index is 13.0. The predicted molar refractivity (Wildman–Crippen MR) is 120 cm³/mol. The van der Waals surface area contributed by atoms with Crippen LogP contribution in [0.15, 0.2) is 18.2 Å². The quantitative estimate of drug-likeness (QED) is 0.499. The number of ether oxygens (including phenoxy) is 1. The molecule has 1 aromatic carbocycles. The number of amides is 4. The summed E-state index contributed by atoms with van der Waals surface area (Å²) in [5, 5.41) is 11.7. The van der Waals surface area contributed by atoms with Gasteiger partial charge in [0.15, 0.2) is 6.61 Å². The first-order valence-electron chi connectivity index (χ1n) is 11.2. The molecule has 9 heteroatoms. The third-order valence-electron chi connectivity index (χ3n) is 6.41. The molecule has 0 aromatic heterocycles. The van der Waals surface area contributed by atoms with Crippen molar-refractivity contribution in [2.75, 3.05) is 24.6 Å². The monoisotopic (exact) mass is 454 g/mol. The van der Waals surface area contributed by atoms with Crippen LogP contribution in [0, 0.1) is 31.1 Å². The van der Waals surface area contributed by atoms with E-state index in [0.717, 1.165) is 35.3 Å². The molecule has 9 nitrogen and oxygen atoms in total. The van der Waals surface area contributed by atoms with E-state index in [1.54, 1.807) is 0 Å². The summed E-state index contributed by atoms with van der Waals surface area (Å²) < 4.78 is 5.12. The number of benzene rings is 1. The van der Waals surface area contributed by atoms with Gasteiger partial charge in [-0.1, -0.05) is 25.8 Å². The van der Waals surface area contributed by atoms with Gasteiger partial charge in [-0.2, -0.15) is 5.26 Å². The Morgan fingerprint density at radius 3 is 2.58 bits per heavy atom. The molecule has 2 fully saturated rings. The van der Waals surface area contributed by atoms with Crippen LogP contribution < -0.4 is 10.2 Å². The van der Waals surface area contributed by atoms with Crippen LogP contribution in [0.1, 0.15) is 50.2 Å². The normalized spacial score (nSPS) is 22.1. The minimum Gasteiger partial charge on any atom is -0.454 e. The zero-order valence-corrected chi connectivity index (χ0v) is 19.3. The zero-order chi connectivity index (χ0) is 24.2. The number of urea groups is 1. The predicted octanol–water partition coefficient (Wildman–Crippen LogP) is 2.59. The van der Waals surface area contributed by atoms with Crippen LogP contribution in [-0.2, 0) is 19.1 Å². The highest BCUT2D eigenvalue weighted by Crippen LogP contribution is 2.38. The molecule has 1 aromatic rings. The van der Waals surface area contributed by atoms with Crippen LogP contribution in [0.4, 0.5) is 10.5 Å². The molecule has 1 saturated carbocycles. The van der Waals surface area contributed by atoms with Crippen molar-refractivity contribution in [3.8, 4) is 6.07 Å². The maximum absolute atomic E-state index is 13.0. The van der Waals surface area contributed by atoms with Crippen molar-refractivity contribution in [2.24, 2.45) is 5.92 Å². The highest BCUT2D eigenvalue weighted by molar-refractivity contribution is 6.09. The number of nitrogens with zero attached hydrogens (tertiary/aromatic N) is 3. The number of hydrogen-bond donors (Lipinski definition) is 1. The van der Waals surface area contributed by atoms with Crippen molar-refractivity contribution in [3.05, 3.63) is 29.3 Å². The van der Waals surface area contributed by atoms with E-state index < -0.39 is 42.5 Å². The van der Waals surface area contributed by atoms with Gasteiger partial charge in [0, 0.05) is 12.2 Å². The van der Waals surface area contributed by atoms with E-state index in [4.69, 9.17) is 10.00 Å². The second-order valence-corrected chi connectivity index (χ2v) is 8.90. The van der Waals surface area contributed by atoms with Crippen molar-refractivity contribution in [3.63, 3.8) is 0 Å². The number of nitrogens with one attached hydrogen (secondary N) is 1. The molecular weight excluding hydrogens is 424 g/mol. The van der Waals surface area contributed by atoms with E-state index in [9.17, 15) is 19.2 Å². The molecule has 1 N–H and O–H groups in total. The molecule has 0 radical (unpaired) electrons. The van der Waals surface area contributed by atoms with Gasteiger partial charge in [-0.25, -0.2) is 4.79 Å². The topological polar surface area (TPSA) is 120 Å². The minimum absolute atomic E-state index is 0.0169. The second-order valence-electron chi connectivity index (χ2n) is 8.90. The maximum Gasteiger partial charge on any atom is 0.326 e. The van der Waals surface area contributed by atoms with E-state index in [1.165, 1.54) is 4.90 Å². The molecule has 1 aliphatic carbocycles. The number of esters is 1. The summed E-state index contributed by atoms with van der Waals surface area (Å²) in [6.45, 7) is 4.80. The summed E-state index contributed by atoms with van der Waals surface area (Å²) in [6.07, 6.45) is 3.33. The Bertz CT molecular complexity index is 981. The summed E-state index contributed by atoms with van der Waals surface area (Å²) in [7, 11) is 0. The van der Waals surface area contributed by atoms with Gasteiger partial charge in [-0.15, -0.1) is 0 Å². The van der Waals surface area contributed by atoms with Crippen molar-refractivity contribution < 1.29 is 23.9 Å². The van der Waals surface area contributed by atoms with Crippen molar-refractivity contribution in [1.82, 2.24) is 10.2 Å². The lowest BCUT2D eigenvalue weighted by Gasteiger charge is -2.36. The van der Waals surface area contributed by atoms with Crippen LogP contribution in [0.5, 0.6) is 0 Å². The number of rotatable bonds is 7. The summed E-state index contributed by atoms with van der Waals surface area (Å²) >= 11 is 0. The van der Waals surface area contributed by atoms with Crippen LogP contribution in [0.3, 0.4) is 0 Å². The van der Waals surface area contributed by atoms with Gasteiger partial charge in [-0.3, -0.25) is 19.3 Å². The average molecular weight is 455 g/mol. The largest absolute Gasteiger partial charge is 0.454 e. The van der Waals surface area contributed by atoms with Gasteiger partial charge in [0.2, 0.25) is 0 Å². The number of anilines is 1. The van der Waals surface area contributed by atoms with E-state index in [2.05, 4.69) is 5.32 Å². The number of carbonyl (C=O) groups excluding carboxylic acids is 4. The summed E-state index contributed by atoms with van der Waals surface area (Å²) in [5.74, 6) is -1.75. The van der Waals surface area contributed by atoms with Crippen molar-refractivity contribution in [2.45, 2.75) is 58.4 Å². The average Bonchev–Trinajstić information content (AvgIpc) is 2.99. The Morgan fingerprint density at radius 2 is 1.94 bits per heavy atom. The molecule has 2 atom stereocenters. The Labute approximate surface area is 193 Å². The molecular formula is C24H30N4O5. The first-order valence-corrected chi connectivity index (χ1v) is 11.2. The van der Waals surface area contributed by atoms with Gasteiger partial charge >= 0.3 is 12.0 Å². The Balaban J connectivity index is 1.63. The smallest absolute Gasteiger partial charge is 0.326 e. The number of aryl methyl sites for hydroxylation is 2. The molecule has 4 amide bonds. The van der Waals surface area contributed by atoms with Gasteiger partial charge in [-0.05, 0) is 55.9 Å². The van der Waals surface area contributed by atoms with E-state index in [0.29, 0.717) is 12.1 Å². The fourth-order valence-corrected chi connectivity index (χ4v) is 4.70. The third kappa shape index (κ3) is 5.16. The van der Waals surface area contributed by atoms with Gasteiger partial charge in [0.1, 0.15) is 12.1 Å². The van der Waals surface area contributed by atoms with Gasteiger partial charge in [0.05, 0.1) is 12.5 Å². The molecule has 1 saturated heterocycles. The highest BCUT2D eigenvalue weighted by Gasteiger charge is 2.55. The first-order chi connectivity index (χ1) is 15.7. The SMILES string of the molecule is Cc1cc(C)cc(N(CCC#N)C(=O)COC(=O)CN2C(=O)NC3(CCCCC3C)C2=O)c1. The molecule has 2 unspecified atom stereocenters. The van der Waals surface area contributed by atoms with Crippen molar-refractivity contribution >= 4 is 29.5 Å². The Kier molecular flexibility index (Phi) is 7.36. The molecule has 1 heterocycles. The lowest BCUT2D eigenvalue weighted by molar-refractivity contribution is -0.151. The number of hydrogen-bond acceptors (Lipinski definition) is 6. The fourth-order valence-electron chi connectivity index (χ4n) is 4.70. The summed E-state index contributed by atoms with van der Waals surface area (Å²) in [5.41, 5.74) is 1.58. The molecule has 0 bridgehead atoms. The molecule has 33 heavy (non-hydrogen) atoms. The van der Waals surface area contributed by atoms with Crippen LogP contribution in [0.25, 0.3) is 0 Å². The minimum atomic E-state index is -0.956. The third-order valence-corrected chi connectivity index (χ3v) is 6.41. The highest BCUT2D eigenvalue weighted by atomic mass is 16.5. The van der Waals surface area contributed by atoms with Gasteiger partial charge < -0.3 is 15.0 Å². The first kappa shape index (κ1) is 24.2. The zero-order valence-electron chi connectivity index (χ0n) is 19.3. The van der Waals surface area contributed by atoms with Gasteiger partial charge in [0.25, 0.3) is 11.8 Å². The Morgan fingerprint density at radius 1 is 1.24 bits per heavy atom. The second kappa shape index (κ2) is 10.0. The number of carbonyl (C=O) groups is 4. The molecule has 176 valence electrons. The molecule has 1 spiro atoms. The molecule has 1 aliphatic heterocycles.